The highest BCUT2D eigenvalue weighted by Gasteiger charge is 2.29. The summed E-state index contributed by atoms with van der Waals surface area (Å²) in [6, 6.07) is 11.7. The molecule has 9 nitrogen and oxygen atoms in total. The zero-order chi connectivity index (χ0) is 28.4. The van der Waals surface area contributed by atoms with Gasteiger partial charge in [-0.1, -0.05) is 17.7 Å². The van der Waals surface area contributed by atoms with Crippen LogP contribution in [0.3, 0.4) is 0 Å². The number of hydrogen-bond acceptors (Lipinski definition) is 8. The average molecular weight is 572 g/mol. The number of halogens is 2. The van der Waals surface area contributed by atoms with E-state index in [1.54, 1.807) is 39.0 Å². The Labute approximate surface area is 233 Å². The molecule has 0 spiro atoms. The maximum atomic E-state index is 15.0. The van der Waals surface area contributed by atoms with Crippen LogP contribution in [0.15, 0.2) is 42.6 Å². The van der Waals surface area contributed by atoms with E-state index >= 15 is 0 Å². The number of nitriles is 1. The molecule has 0 aliphatic carbocycles. The molecule has 0 amide bonds. The molecule has 1 aliphatic rings. The van der Waals surface area contributed by atoms with Crippen LogP contribution in [-0.2, 0) is 10.0 Å². The highest BCUT2D eigenvalue weighted by Crippen LogP contribution is 2.32. The second-order valence-electron chi connectivity index (χ2n) is 10.5. The third kappa shape index (κ3) is 6.76. The number of likely N-dealkylation sites (tertiary alicyclic amines) is 1. The minimum atomic E-state index is -3.72. The highest BCUT2D eigenvalue weighted by molar-refractivity contribution is 7.94. The summed E-state index contributed by atoms with van der Waals surface area (Å²) in [6.07, 6.45) is 3.18. The topological polar surface area (TPSA) is 123 Å². The predicted octanol–water partition coefficient (Wildman–Crippen LogP) is 5.98. The van der Waals surface area contributed by atoms with Crippen molar-refractivity contribution in [2.24, 2.45) is 0 Å². The second-order valence-corrected chi connectivity index (χ2v) is 13.4. The number of anilines is 5. The van der Waals surface area contributed by atoms with Crippen molar-refractivity contribution < 1.29 is 12.8 Å². The van der Waals surface area contributed by atoms with Crippen LogP contribution in [0.1, 0.15) is 50.7 Å². The van der Waals surface area contributed by atoms with E-state index in [0.717, 1.165) is 25.9 Å². The van der Waals surface area contributed by atoms with Gasteiger partial charge in [0.1, 0.15) is 17.4 Å². The molecule has 1 aliphatic heterocycles. The minimum absolute atomic E-state index is 0.158. The number of hydrogen-bond donors (Lipinski definition) is 3. The molecule has 0 bridgehead atoms. The number of sulfonamides is 1. The summed E-state index contributed by atoms with van der Waals surface area (Å²) in [5.74, 6) is 0.248. The Bertz CT molecular complexity index is 1510. The minimum Gasteiger partial charge on any atom is -0.339 e. The summed E-state index contributed by atoms with van der Waals surface area (Å²) in [6.45, 7) is 6.61. The number of nitrogens with zero attached hydrogens (tertiary/aromatic N) is 4. The van der Waals surface area contributed by atoms with Gasteiger partial charge in [-0.3, -0.25) is 4.72 Å². The van der Waals surface area contributed by atoms with Crippen molar-refractivity contribution in [1.29, 1.82) is 5.26 Å². The molecular weight excluding hydrogens is 541 g/mol. The van der Waals surface area contributed by atoms with Gasteiger partial charge < -0.3 is 15.5 Å². The second kappa shape index (κ2) is 11.3. The maximum absolute atomic E-state index is 15.0. The summed E-state index contributed by atoms with van der Waals surface area (Å²) in [5.41, 5.74) is 1.97. The van der Waals surface area contributed by atoms with Gasteiger partial charge in [-0.05, 0) is 95.6 Å². The molecule has 1 fully saturated rings. The van der Waals surface area contributed by atoms with Gasteiger partial charge >= 0.3 is 0 Å². The predicted molar refractivity (Wildman–Crippen MR) is 153 cm³/mol. The molecule has 39 heavy (non-hydrogen) atoms. The van der Waals surface area contributed by atoms with Crippen LogP contribution >= 0.6 is 11.6 Å². The summed E-state index contributed by atoms with van der Waals surface area (Å²) >= 11 is 6.23. The smallest absolute Gasteiger partial charge is 0.237 e. The van der Waals surface area contributed by atoms with Crippen LogP contribution in [0.5, 0.6) is 0 Å². The fraction of sp³-hybridized carbons (Fsp3) is 0.370. The van der Waals surface area contributed by atoms with Crippen molar-refractivity contribution in [2.75, 3.05) is 35.5 Å². The fourth-order valence-corrected chi connectivity index (χ4v) is 5.11. The lowest BCUT2D eigenvalue weighted by atomic mass is 9.89. The van der Waals surface area contributed by atoms with E-state index in [9.17, 15) is 18.1 Å². The Morgan fingerprint density at radius 3 is 2.41 bits per heavy atom. The molecule has 0 atom stereocenters. The molecule has 1 saturated heterocycles. The number of nitrogens with one attached hydrogen (secondary N) is 3. The first-order valence-corrected chi connectivity index (χ1v) is 14.3. The maximum Gasteiger partial charge on any atom is 0.237 e. The SMILES string of the molecule is CN1CCC(c2ccc(Nc3ncc(C#N)c(Nc4ccc(Cl)c(NS(=O)(=O)C(C)(C)C)c4)n3)cc2F)CC1. The molecule has 2 heterocycles. The molecule has 3 aromatic rings. The van der Waals surface area contributed by atoms with Crippen molar-refractivity contribution in [2.45, 2.75) is 44.3 Å². The van der Waals surface area contributed by atoms with E-state index in [1.165, 1.54) is 24.4 Å². The number of benzene rings is 2. The van der Waals surface area contributed by atoms with Gasteiger partial charge in [-0.25, -0.2) is 17.8 Å². The molecule has 1 aromatic heterocycles. The van der Waals surface area contributed by atoms with Crippen molar-refractivity contribution in [3.05, 3.63) is 64.6 Å². The van der Waals surface area contributed by atoms with Crippen LogP contribution in [0.4, 0.5) is 33.2 Å². The monoisotopic (exact) mass is 571 g/mol. The van der Waals surface area contributed by atoms with E-state index in [4.69, 9.17) is 11.6 Å². The lowest BCUT2D eigenvalue weighted by Gasteiger charge is -2.29. The lowest BCUT2D eigenvalue weighted by Crippen LogP contribution is -2.33. The molecular formula is C27H31ClFN7O2S. The van der Waals surface area contributed by atoms with Gasteiger partial charge in [0.2, 0.25) is 16.0 Å². The first-order valence-electron chi connectivity index (χ1n) is 12.5. The third-order valence-electron chi connectivity index (χ3n) is 6.60. The van der Waals surface area contributed by atoms with Crippen molar-refractivity contribution in [3.8, 4) is 6.07 Å². The summed E-state index contributed by atoms with van der Waals surface area (Å²) in [5, 5.41) is 15.8. The fourth-order valence-electron chi connectivity index (χ4n) is 4.12. The van der Waals surface area contributed by atoms with E-state index in [-0.39, 0.29) is 39.8 Å². The quantitative estimate of drug-likeness (QED) is 0.316. The molecule has 0 saturated carbocycles. The van der Waals surface area contributed by atoms with Crippen molar-refractivity contribution in [3.63, 3.8) is 0 Å². The molecule has 2 aromatic carbocycles. The van der Waals surface area contributed by atoms with Crippen molar-refractivity contribution in [1.82, 2.24) is 14.9 Å². The van der Waals surface area contributed by atoms with Crippen LogP contribution < -0.4 is 15.4 Å². The number of rotatable bonds is 7. The van der Waals surface area contributed by atoms with E-state index < -0.39 is 14.8 Å². The van der Waals surface area contributed by atoms with Gasteiger partial charge in [0.25, 0.3) is 0 Å². The van der Waals surface area contributed by atoms with Gasteiger partial charge in [0.05, 0.1) is 21.7 Å². The van der Waals surface area contributed by atoms with Crippen LogP contribution in [0, 0.1) is 17.1 Å². The lowest BCUT2D eigenvalue weighted by molar-refractivity contribution is 0.253. The Hall–Kier alpha value is -3.46. The standard InChI is InChI=1S/C27H31ClFN7O2S/c1-27(2,3)39(37,38)35-24-14-20(6-8-22(24)28)32-25-18(15-30)16-31-26(34-25)33-19-5-7-21(23(29)13-19)17-9-11-36(4)12-10-17/h5-8,13-14,16-17,35H,9-12H2,1-4H3,(H2,31,32,33,34). The van der Waals surface area contributed by atoms with Crippen LogP contribution in [0.2, 0.25) is 5.02 Å². The van der Waals surface area contributed by atoms with Gasteiger partial charge in [0, 0.05) is 11.4 Å². The van der Waals surface area contributed by atoms with Crippen LogP contribution in [0.25, 0.3) is 0 Å². The number of piperidine rings is 1. The summed E-state index contributed by atoms with van der Waals surface area (Å²) in [7, 11) is -1.65. The zero-order valence-electron chi connectivity index (χ0n) is 22.2. The number of aromatic nitrogens is 2. The molecule has 206 valence electrons. The van der Waals surface area contributed by atoms with E-state index in [2.05, 4.69) is 37.3 Å². The van der Waals surface area contributed by atoms with Gasteiger partial charge in [-0.2, -0.15) is 10.2 Å². The van der Waals surface area contributed by atoms with Crippen molar-refractivity contribution >= 4 is 50.5 Å². The Morgan fingerprint density at radius 1 is 1.10 bits per heavy atom. The average Bonchev–Trinajstić information content (AvgIpc) is 2.86. The normalized spacial score (nSPS) is 15.0. The Balaban J connectivity index is 1.54. The molecule has 0 radical (unpaired) electrons. The zero-order valence-corrected chi connectivity index (χ0v) is 23.8. The first-order chi connectivity index (χ1) is 18.4. The summed E-state index contributed by atoms with van der Waals surface area (Å²) in [4.78, 5) is 10.8. The summed E-state index contributed by atoms with van der Waals surface area (Å²) < 4.78 is 41.7. The third-order valence-corrected chi connectivity index (χ3v) is 9.03. The van der Waals surface area contributed by atoms with E-state index in [0.29, 0.717) is 16.9 Å². The molecule has 3 N–H and O–H groups in total. The first kappa shape index (κ1) is 28.5. The Kier molecular flexibility index (Phi) is 8.30. The molecule has 12 heteroatoms. The van der Waals surface area contributed by atoms with E-state index in [1.807, 2.05) is 6.07 Å². The molecule has 0 unspecified atom stereocenters. The highest BCUT2D eigenvalue weighted by atomic mass is 35.5. The van der Waals surface area contributed by atoms with Crippen LogP contribution in [-0.4, -0.2) is 48.2 Å². The molecule has 4 rings (SSSR count). The Morgan fingerprint density at radius 2 is 1.77 bits per heavy atom. The largest absolute Gasteiger partial charge is 0.339 e. The van der Waals surface area contributed by atoms with Gasteiger partial charge in [0.15, 0.2) is 5.82 Å². The van der Waals surface area contributed by atoms with Gasteiger partial charge in [-0.15, -0.1) is 0 Å².